The number of hydrogen-bond acceptors (Lipinski definition) is 6. The van der Waals surface area contributed by atoms with Gasteiger partial charge in [-0.2, -0.15) is 0 Å². The van der Waals surface area contributed by atoms with Crippen LogP contribution >= 0.6 is 0 Å². The van der Waals surface area contributed by atoms with Gasteiger partial charge in [-0.1, -0.05) is 31.2 Å². The third-order valence-corrected chi connectivity index (χ3v) is 5.73. The molecule has 3 aromatic rings. The van der Waals surface area contributed by atoms with Gasteiger partial charge in [0.15, 0.2) is 0 Å². The van der Waals surface area contributed by atoms with Crippen molar-refractivity contribution in [3.05, 3.63) is 95.3 Å². The Morgan fingerprint density at radius 1 is 1.00 bits per heavy atom. The molecule has 0 radical (unpaired) electrons. The molecule has 35 heavy (non-hydrogen) atoms. The maximum Gasteiger partial charge on any atom is 0.295 e. The van der Waals surface area contributed by atoms with Crippen LogP contribution in [0.25, 0.3) is 5.76 Å². The minimum absolute atomic E-state index is 0.0215. The summed E-state index contributed by atoms with van der Waals surface area (Å²) in [6.07, 6.45) is 4.18. The first-order valence-corrected chi connectivity index (χ1v) is 11.7. The zero-order chi connectivity index (χ0) is 24.8. The number of ether oxygens (including phenoxy) is 2. The van der Waals surface area contributed by atoms with Gasteiger partial charge in [-0.15, -0.1) is 0 Å². The molecule has 1 aromatic heterocycles. The average Bonchev–Trinajstić information content (AvgIpc) is 3.13. The highest BCUT2D eigenvalue weighted by molar-refractivity contribution is 6.46. The van der Waals surface area contributed by atoms with E-state index < -0.39 is 17.7 Å². The summed E-state index contributed by atoms with van der Waals surface area (Å²) in [6.45, 7) is 5.04. The van der Waals surface area contributed by atoms with Crippen LogP contribution in [0.4, 0.5) is 0 Å². The Labute approximate surface area is 204 Å². The van der Waals surface area contributed by atoms with Crippen molar-refractivity contribution >= 4 is 17.4 Å². The number of para-hydroxylation sites is 1. The molecule has 1 aliphatic heterocycles. The molecule has 1 amide bonds. The number of pyridine rings is 1. The van der Waals surface area contributed by atoms with E-state index in [-0.39, 0.29) is 17.9 Å². The molecule has 1 fully saturated rings. The van der Waals surface area contributed by atoms with E-state index in [1.807, 2.05) is 38.1 Å². The number of rotatable bonds is 9. The van der Waals surface area contributed by atoms with Crippen molar-refractivity contribution in [2.45, 2.75) is 32.9 Å². The van der Waals surface area contributed by atoms with Gasteiger partial charge in [0.1, 0.15) is 17.3 Å². The van der Waals surface area contributed by atoms with Crippen molar-refractivity contribution in [1.82, 2.24) is 9.88 Å². The number of nitrogens with zero attached hydrogens (tertiary/aromatic N) is 2. The molecular weight excluding hydrogens is 444 g/mol. The Bertz CT molecular complexity index is 1220. The van der Waals surface area contributed by atoms with Crippen molar-refractivity contribution in [2.75, 3.05) is 13.2 Å². The van der Waals surface area contributed by atoms with E-state index in [0.29, 0.717) is 35.8 Å². The molecule has 0 saturated carbocycles. The normalized spacial score (nSPS) is 17.0. The molecule has 7 nitrogen and oxygen atoms in total. The third kappa shape index (κ3) is 5.04. The summed E-state index contributed by atoms with van der Waals surface area (Å²) in [6, 6.07) is 16.9. The molecule has 1 unspecified atom stereocenters. The molecule has 2 heterocycles. The van der Waals surface area contributed by atoms with Crippen molar-refractivity contribution in [2.24, 2.45) is 0 Å². The van der Waals surface area contributed by atoms with E-state index in [2.05, 4.69) is 4.98 Å². The van der Waals surface area contributed by atoms with Crippen LogP contribution in [-0.4, -0.2) is 39.9 Å². The topological polar surface area (TPSA) is 89.0 Å². The van der Waals surface area contributed by atoms with Gasteiger partial charge in [0.05, 0.1) is 24.8 Å². The fourth-order valence-corrected chi connectivity index (χ4v) is 4.13. The summed E-state index contributed by atoms with van der Waals surface area (Å²) in [5.74, 6) is -0.454. The lowest BCUT2D eigenvalue weighted by molar-refractivity contribution is -0.140. The van der Waals surface area contributed by atoms with E-state index in [0.717, 1.165) is 12.0 Å². The predicted octanol–water partition coefficient (Wildman–Crippen LogP) is 4.89. The summed E-state index contributed by atoms with van der Waals surface area (Å²) in [5.41, 5.74) is 1.84. The Balaban J connectivity index is 1.82. The van der Waals surface area contributed by atoms with Crippen LogP contribution in [0.2, 0.25) is 0 Å². The minimum atomic E-state index is -0.825. The van der Waals surface area contributed by atoms with Crippen molar-refractivity contribution in [1.29, 1.82) is 0 Å². The Morgan fingerprint density at radius 3 is 2.46 bits per heavy atom. The molecule has 1 N–H and O–H groups in total. The standard InChI is InChI=1S/C28H28N2O5/c1-3-16-35-21-13-11-20(12-14-21)26(31)24-25(22-9-5-6-10-23(22)34-4-2)30(28(33)27(24)32)18-19-8-7-15-29-17-19/h5-15,17,25,31H,3-4,16,18H2,1-2H3/b26-24+. The molecule has 7 heteroatoms. The highest BCUT2D eigenvalue weighted by Crippen LogP contribution is 2.43. The molecule has 1 aliphatic rings. The second-order valence-electron chi connectivity index (χ2n) is 8.13. The number of Topliss-reactive ketones (excluding diaryl/α,β-unsaturated/α-hetero) is 1. The number of benzene rings is 2. The lowest BCUT2D eigenvalue weighted by Crippen LogP contribution is -2.29. The van der Waals surface area contributed by atoms with E-state index in [4.69, 9.17) is 9.47 Å². The predicted molar refractivity (Wildman–Crippen MR) is 132 cm³/mol. The molecule has 0 spiro atoms. The number of carbonyl (C=O) groups is 2. The Morgan fingerprint density at radius 2 is 1.77 bits per heavy atom. The van der Waals surface area contributed by atoms with Crippen molar-refractivity contribution < 1.29 is 24.2 Å². The van der Waals surface area contributed by atoms with E-state index >= 15 is 0 Å². The van der Waals surface area contributed by atoms with Gasteiger partial charge in [-0.05, 0) is 55.3 Å². The number of hydrogen-bond donors (Lipinski definition) is 1. The molecule has 0 bridgehead atoms. The van der Waals surface area contributed by atoms with Crippen LogP contribution in [-0.2, 0) is 16.1 Å². The number of ketones is 1. The lowest BCUT2D eigenvalue weighted by atomic mass is 9.94. The lowest BCUT2D eigenvalue weighted by Gasteiger charge is -2.26. The minimum Gasteiger partial charge on any atom is -0.507 e. The second-order valence-corrected chi connectivity index (χ2v) is 8.13. The van der Waals surface area contributed by atoms with Crippen molar-refractivity contribution in [3.8, 4) is 11.5 Å². The summed E-state index contributed by atoms with van der Waals surface area (Å²) in [4.78, 5) is 32.1. The van der Waals surface area contributed by atoms with Gasteiger partial charge >= 0.3 is 0 Å². The van der Waals surface area contributed by atoms with Gasteiger partial charge in [-0.25, -0.2) is 0 Å². The number of aromatic nitrogens is 1. The van der Waals surface area contributed by atoms with Gasteiger partial charge in [-0.3, -0.25) is 14.6 Å². The maximum absolute atomic E-state index is 13.3. The molecule has 180 valence electrons. The van der Waals surface area contributed by atoms with Crippen LogP contribution < -0.4 is 9.47 Å². The SMILES string of the molecule is CCCOc1ccc(/C(O)=C2\C(=O)C(=O)N(Cc3cccnc3)C2c2ccccc2OCC)cc1. The Kier molecular flexibility index (Phi) is 7.45. The zero-order valence-electron chi connectivity index (χ0n) is 19.8. The van der Waals surface area contributed by atoms with Crippen LogP contribution in [0.15, 0.2) is 78.6 Å². The summed E-state index contributed by atoms with van der Waals surface area (Å²) in [5, 5.41) is 11.3. The first kappa shape index (κ1) is 24.0. The zero-order valence-corrected chi connectivity index (χ0v) is 19.8. The molecule has 1 saturated heterocycles. The fourth-order valence-electron chi connectivity index (χ4n) is 4.13. The molecule has 2 aromatic carbocycles. The van der Waals surface area contributed by atoms with Gasteiger partial charge in [0, 0.05) is 30.1 Å². The average molecular weight is 473 g/mol. The summed E-state index contributed by atoms with van der Waals surface area (Å²) in [7, 11) is 0. The quantitative estimate of drug-likeness (QED) is 0.271. The Hall–Kier alpha value is -4.13. The van der Waals surface area contributed by atoms with Gasteiger partial charge in [0.2, 0.25) is 0 Å². The molecule has 0 aliphatic carbocycles. The largest absolute Gasteiger partial charge is 0.507 e. The van der Waals surface area contributed by atoms with E-state index in [1.165, 1.54) is 4.90 Å². The maximum atomic E-state index is 13.3. The van der Waals surface area contributed by atoms with Crippen LogP contribution in [0.3, 0.4) is 0 Å². The smallest absolute Gasteiger partial charge is 0.295 e. The van der Waals surface area contributed by atoms with Gasteiger partial charge in [0.25, 0.3) is 11.7 Å². The second kappa shape index (κ2) is 10.9. The number of aliphatic hydroxyl groups excluding tert-OH is 1. The summed E-state index contributed by atoms with van der Waals surface area (Å²) < 4.78 is 11.4. The summed E-state index contributed by atoms with van der Waals surface area (Å²) >= 11 is 0. The first-order valence-electron chi connectivity index (χ1n) is 11.7. The highest BCUT2D eigenvalue weighted by Gasteiger charge is 2.47. The van der Waals surface area contributed by atoms with E-state index in [1.54, 1.807) is 48.8 Å². The number of amides is 1. The molecular formula is C28H28N2O5. The number of carbonyl (C=O) groups excluding carboxylic acids is 2. The van der Waals surface area contributed by atoms with Gasteiger partial charge < -0.3 is 19.5 Å². The third-order valence-electron chi connectivity index (χ3n) is 5.73. The van der Waals surface area contributed by atoms with E-state index in [9.17, 15) is 14.7 Å². The van der Waals surface area contributed by atoms with Crippen LogP contribution in [0.1, 0.15) is 43.0 Å². The number of likely N-dealkylation sites (tertiary alicyclic amines) is 1. The highest BCUT2D eigenvalue weighted by atomic mass is 16.5. The van der Waals surface area contributed by atoms with Crippen LogP contribution in [0, 0.1) is 0 Å². The van der Waals surface area contributed by atoms with Crippen molar-refractivity contribution in [3.63, 3.8) is 0 Å². The first-order chi connectivity index (χ1) is 17.0. The molecule has 4 rings (SSSR count). The van der Waals surface area contributed by atoms with Crippen LogP contribution in [0.5, 0.6) is 11.5 Å². The molecule has 1 atom stereocenters. The fraction of sp³-hybridized carbons (Fsp3) is 0.250. The number of aliphatic hydroxyl groups is 1. The monoisotopic (exact) mass is 472 g/mol.